The number of thiophene rings is 1. The molecule has 5 nitrogen and oxygen atoms in total. The lowest BCUT2D eigenvalue weighted by atomic mass is 10.1. The summed E-state index contributed by atoms with van der Waals surface area (Å²) in [6.07, 6.45) is 5.72. The van der Waals surface area contributed by atoms with Crippen LogP contribution in [0.25, 0.3) is 10.2 Å². The second-order valence-electron chi connectivity index (χ2n) is 6.60. The van der Waals surface area contributed by atoms with Gasteiger partial charge in [0.05, 0.1) is 11.6 Å². The van der Waals surface area contributed by atoms with Crippen molar-refractivity contribution in [2.75, 3.05) is 18.0 Å². The van der Waals surface area contributed by atoms with Crippen LogP contribution in [0.15, 0.2) is 24.7 Å². The van der Waals surface area contributed by atoms with E-state index in [0.717, 1.165) is 48.0 Å². The van der Waals surface area contributed by atoms with Gasteiger partial charge in [-0.2, -0.15) is 0 Å². The van der Waals surface area contributed by atoms with Gasteiger partial charge in [0.1, 0.15) is 28.8 Å². The van der Waals surface area contributed by atoms with Gasteiger partial charge in [-0.3, -0.25) is 4.98 Å². The van der Waals surface area contributed by atoms with E-state index in [-0.39, 0.29) is 6.10 Å². The summed E-state index contributed by atoms with van der Waals surface area (Å²) in [7, 11) is 0. The number of rotatable bonds is 3. The second-order valence-corrected chi connectivity index (χ2v) is 7.80. The van der Waals surface area contributed by atoms with Crippen molar-refractivity contribution in [2.45, 2.75) is 39.7 Å². The van der Waals surface area contributed by atoms with Crippen LogP contribution in [0, 0.1) is 20.8 Å². The molecule has 0 atom stereocenters. The fraction of sp³-hybridized carbons (Fsp3) is 0.421. The van der Waals surface area contributed by atoms with Crippen molar-refractivity contribution in [2.24, 2.45) is 0 Å². The van der Waals surface area contributed by atoms with Gasteiger partial charge >= 0.3 is 0 Å². The van der Waals surface area contributed by atoms with E-state index in [9.17, 15) is 0 Å². The lowest BCUT2D eigenvalue weighted by Gasteiger charge is -2.33. The van der Waals surface area contributed by atoms with Crippen LogP contribution in [0.2, 0.25) is 0 Å². The minimum absolute atomic E-state index is 0.239. The minimum atomic E-state index is 0.239. The summed E-state index contributed by atoms with van der Waals surface area (Å²) in [4.78, 5) is 18.1. The number of anilines is 1. The van der Waals surface area contributed by atoms with Crippen LogP contribution < -0.4 is 9.64 Å². The first-order valence-electron chi connectivity index (χ1n) is 8.67. The van der Waals surface area contributed by atoms with Crippen LogP contribution in [0.3, 0.4) is 0 Å². The van der Waals surface area contributed by atoms with Gasteiger partial charge in [0.2, 0.25) is 0 Å². The topological polar surface area (TPSA) is 51.1 Å². The Hall–Kier alpha value is -2.21. The number of ether oxygens (including phenoxy) is 1. The molecule has 4 rings (SSSR count). The molecule has 1 aliphatic rings. The highest BCUT2D eigenvalue weighted by Crippen LogP contribution is 2.35. The summed E-state index contributed by atoms with van der Waals surface area (Å²) in [5, 5.41) is 1.21. The largest absolute Gasteiger partial charge is 0.489 e. The molecular formula is C19H22N4OS. The minimum Gasteiger partial charge on any atom is -0.489 e. The summed E-state index contributed by atoms with van der Waals surface area (Å²) in [5.41, 5.74) is 2.32. The highest BCUT2D eigenvalue weighted by Gasteiger charge is 2.24. The summed E-state index contributed by atoms with van der Waals surface area (Å²) in [5.74, 6) is 1.93. The second kappa shape index (κ2) is 6.59. The lowest BCUT2D eigenvalue weighted by molar-refractivity contribution is 0.170. The zero-order chi connectivity index (χ0) is 17.4. The van der Waals surface area contributed by atoms with Gasteiger partial charge in [-0.15, -0.1) is 11.3 Å². The van der Waals surface area contributed by atoms with E-state index in [1.54, 1.807) is 17.7 Å². The fourth-order valence-electron chi connectivity index (χ4n) is 3.31. The molecular weight excluding hydrogens is 332 g/mol. The van der Waals surface area contributed by atoms with Crippen LogP contribution in [0.1, 0.15) is 29.0 Å². The summed E-state index contributed by atoms with van der Waals surface area (Å²) >= 11 is 1.75. The first-order valence-corrected chi connectivity index (χ1v) is 9.48. The molecule has 3 aromatic heterocycles. The van der Waals surface area contributed by atoms with Crippen molar-refractivity contribution in [3.8, 4) is 5.75 Å². The summed E-state index contributed by atoms with van der Waals surface area (Å²) in [6.45, 7) is 8.20. The first-order chi connectivity index (χ1) is 12.1. The van der Waals surface area contributed by atoms with E-state index in [1.807, 2.05) is 25.3 Å². The van der Waals surface area contributed by atoms with Crippen molar-refractivity contribution in [3.05, 3.63) is 40.8 Å². The molecule has 130 valence electrons. The Morgan fingerprint density at radius 2 is 1.88 bits per heavy atom. The van der Waals surface area contributed by atoms with Gasteiger partial charge in [-0.25, -0.2) is 9.97 Å². The Morgan fingerprint density at radius 3 is 2.60 bits per heavy atom. The molecule has 0 radical (unpaired) electrons. The molecule has 25 heavy (non-hydrogen) atoms. The molecule has 1 aliphatic heterocycles. The van der Waals surface area contributed by atoms with E-state index in [0.29, 0.717) is 0 Å². The standard InChI is InChI=1S/C19H22N4OS/c1-12-4-5-16(10-20-12)24-15-6-8-23(9-7-15)18-17-13(2)14(3)25-19(17)22-11-21-18/h4-5,10-11,15H,6-9H2,1-3H3. The van der Waals surface area contributed by atoms with E-state index >= 15 is 0 Å². The molecule has 3 aromatic rings. The quantitative estimate of drug-likeness (QED) is 0.710. The Morgan fingerprint density at radius 1 is 1.08 bits per heavy atom. The van der Waals surface area contributed by atoms with Crippen LogP contribution in [0.4, 0.5) is 5.82 Å². The van der Waals surface area contributed by atoms with Gasteiger partial charge in [0, 0.05) is 36.5 Å². The van der Waals surface area contributed by atoms with Crippen molar-refractivity contribution in [3.63, 3.8) is 0 Å². The first kappa shape index (κ1) is 16.3. The Balaban J connectivity index is 1.48. The number of hydrogen-bond donors (Lipinski definition) is 0. The maximum Gasteiger partial charge on any atom is 0.141 e. The monoisotopic (exact) mass is 354 g/mol. The molecule has 0 N–H and O–H groups in total. The van der Waals surface area contributed by atoms with E-state index in [4.69, 9.17) is 4.74 Å². The molecule has 0 bridgehead atoms. The van der Waals surface area contributed by atoms with Gasteiger partial charge in [-0.1, -0.05) is 0 Å². The molecule has 0 spiro atoms. The molecule has 1 saturated heterocycles. The van der Waals surface area contributed by atoms with Crippen LogP contribution in [0.5, 0.6) is 5.75 Å². The van der Waals surface area contributed by atoms with Gasteiger partial charge in [0.15, 0.2) is 0 Å². The number of aromatic nitrogens is 3. The number of pyridine rings is 1. The van der Waals surface area contributed by atoms with Gasteiger partial charge in [0.25, 0.3) is 0 Å². The molecule has 0 aromatic carbocycles. The summed E-state index contributed by atoms with van der Waals surface area (Å²) in [6, 6.07) is 3.99. The summed E-state index contributed by atoms with van der Waals surface area (Å²) < 4.78 is 6.09. The molecule has 0 unspecified atom stereocenters. The average Bonchev–Trinajstić information content (AvgIpc) is 2.92. The van der Waals surface area contributed by atoms with Crippen molar-refractivity contribution >= 4 is 27.4 Å². The zero-order valence-electron chi connectivity index (χ0n) is 14.8. The normalized spacial score (nSPS) is 15.7. The van der Waals surface area contributed by atoms with E-state index < -0.39 is 0 Å². The highest BCUT2D eigenvalue weighted by atomic mass is 32.1. The Labute approximate surface area is 151 Å². The Kier molecular flexibility index (Phi) is 4.29. The predicted molar refractivity (Wildman–Crippen MR) is 102 cm³/mol. The smallest absolute Gasteiger partial charge is 0.141 e. The van der Waals surface area contributed by atoms with Crippen LogP contribution in [-0.2, 0) is 0 Å². The number of piperidine rings is 1. The number of aryl methyl sites for hydroxylation is 3. The van der Waals surface area contributed by atoms with Crippen molar-refractivity contribution in [1.82, 2.24) is 15.0 Å². The highest BCUT2D eigenvalue weighted by molar-refractivity contribution is 7.18. The van der Waals surface area contributed by atoms with E-state index in [2.05, 4.69) is 33.7 Å². The third-order valence-corrected chi connectivity index (χ3v) is 5.99. The van der Waals surface area contributed by atoms with Crippen molar-refractivity contribution in [1.29, 1.82) is 0 Å². The number of hydrogen-bond acceptors (Lipinski definition) is 6. The maximum atomic E-state index is 6.09. The van der Waals surface area contributed by atoms with Gasteiger partial charge < -0.3 is 9.64 Å². The lowest BCUT2D eigenvalue weighted by Crippen LogP contribution is -2.38. The molecule has 6 heteroatoms. The maximum absolute atomic E-state index is 6.09. The van der Waals surface area contributed by atoms with Gasteiger partial charge in [-0.05, 0) is 38.5 Å². The van der Waals surface area contributed by atoms with Crippen molar-refractivity contribution < 1.29 is 4.74 Å². The molecule has 0 amide bonds. The molecule has 0 saturated carbocycles. The third kappa shape index (κ3) is 3.18. The third-order valence-electron chi connectivity index (χ3n) is 4.87. The number of fused-ring (bicyclic) bond motifs is 1. The average molecular weight is 354 g/mol. The molecule has 4 heterocycles. The van der Waals surface area contributed by atoms with Crippen LogP contribution in [-0.4, -0.2) is 34.1 Å². The zero-order valence-corrected chi connectivity index (χ0v) is 15.6. The van der Waals surface area contributed by atoms with E-state index in [1.165, 1.54) is 15.8 Å². The van der Waals surface area contributed by atoms with Crippen LogP contribution >= 0.6 is 11.3 Å². The molecule has 1 fully saturated rings. The fourth-order valence-corrected chi connectivity index (χ4v) is 4.30. The predicted octanol–water partition coefficient (Wildman–Crippen LogP) is 4.06. The molecule has 0 aliphatic carbocycles. The Bertz CT molecular complexity index is 882. The SMILES string of the molecule is Cc1ccc(OC2CCN(c3ncnc4sc(C)c(C)c34)CC2)cn1. The number of nitrogens with zero attached hydrogens (tertiary/aromatic N) is 4.